The zero-order chi connectivity index (χ0) is 21.0. The Hall–Kier alpha value is -2.76. The Morgan fingerprint density at radius 2 is 1.55 bits per heavy atom. The lowest BCUT2D eigenvalue weighted by molar-refractivity contribution is 0.211. The number of benzene rings is 3. The summed E-state index contributed by atoms with van der Waals surface area (Å²) in [5, 5.41) is 4.82. The van der Waals surface area contributed by atoms with Crippen molar-refractivity contribution >= 4 is 32.7 Å². The van der Waals surface area contributed by atoms with E-state index in [2.05, 4.69) is 86.8 Å². The molecule has 1 aliphatic heterocycles. The standard InChI is InChI=1S/C26H25BrN4/c27-21-12-10-20(11-13-21)25-29-24-9-5-4-8-23(24)26(30-25)28-22-14-16-31(17-15-22)18-19-6-2-1-3-7-19/h1-13,22H,14-18H2,(H,28,29,30). The summed E-state index contributed by atoms with van der Waals surface area (Å²) in [4.78, 5) is 12.3. The van der Waals surface area contributed by atoms with E-state index in [1.165, 1.54) is 5.56 Å². The third-order valence-corrected chi connectivity index (χ3v) is 6.41. The van der Waals surface area contributed by atoms with Crippen molar-refractivity contribution in [1.82, 2.24) is 14.9 Å². The molecule has 0 unspecified atom stereocenters. The molecule has 4 aromatic rings. The van der Waals surface area contributed by atoms with Gasteiger partial charge in [0.1, 0.15) is 5.82 Å². The van der Waals surface area contributed by atoms with Crippen LogP contribution in [0.3, 0.4) is 0 Å². The van der Waals surface area contributed by atoms with Gasteiger partial charge in [0.25, 0.3) is 0 Å². The van der Waals surface area contributed by atoms with Gasteiger partial charge in [-0.3, -0.25) is 4.90 Å². The molecule has 4 nitrogen and oxygen atoms in total. The van der Waals surface area contributed by atoms with E-state index >= 15 is 0 Å². The van der Waals surface area contributed by atoms with Crippen LogP contribution in [0.2, 0.25) is 0 Å². The number of nitrogens with zero attached hydrogens (tertiary/aromatic N) is 3. The number of aromatic nitrogens is 2. The number of piperidine rings is 1. The van der Waals surface area contributed by atoms with Gasteiger partial charge in [0.05, 0.1) is 5.52 Å². The fourth-order valence-electron chi connectivity index (χ4n) is 4.19. The average molecular weight is 473 g/mol. The smallest absolute Gasteiger partial charge is 0.162 e. The van der Waals surface area contributed by atoms with Gasteiger partial charge >= 0.3 is 0 Å². The van der Waals surface area contributed by atoms with E-state index in [9.17, 15) is 0 Å². The van der Waals surface area contributed by atoms with Crippen molar-refractivity contribution in [3.63, 3.8) is 0 Å². The van der Waals surface area contributed by atoms with Crippen molar-refractivity contribution in [3.8, 4) is 11.4 Å². The summed E-state index contributed by atoms with van der Waals surface area (Å²) < 4.78 is 1.05. The molecule has 1 saturated heterocycles. The van der Waals surface area contributed by atoms with Crippen molar-refractivity contribution in [2.24, 2.45) is 0 Å². The molecule has 3 aromatic carbocycles. The Kier molecular flexibility index (Phi) is 5.96. The highest BCUT2D eigenvalue weighted by molar-refractivity contribution is 9.10. The molecule has 0 saturated carbocycles. The zero-order valence-electron chi connectivity index (χ0n) is 17.3. The van der Waals surface area contributed by atoms with Crippen LogP contribution in [0.1, 0.15) is 18.4 Å². The minimum absolute atomic E-state index is 0.420. The lowest BCUT2D eigenvalue weighted by Crippen LogP contribution is -2.38. The molecular formula is C26H25BrN4. The Labute approximate surface area is 191 Å². The number of nitrogens with one attached hydrogen (secondary N) is 1. The third-order valence-electron chi connectivity index (χ3n) is 5.88. The van der Waals surface area contributed by atoms with E-state index in [0.29, 0.717) is 6.04 Å². The van der Waals surface area contributed by atoms with Gasteiger partial charge in [-0.05, 0) is 42.7 Å². The number of hydrogen-bond donors (Lipinski definition) is 1. The summed E-state index contributed by atoms with van der Waals surface area (Å²) in [6, 6.07) is 27.6. The largest absolute Gasteiger partial charge is 0.367 e. The molecule has 5 heteroatoms. The normalized spacial score (nSPS) is 15.3. The maximum Gasteiger partial charge on any atom is 0.162 e. The van der Waals surface area contributed by atoms with Crippen molar-refractivity contribution in [2.45, 2.75) is 25.4 Å². The number of para-hydroxylation sites is 1. The highest BCUT2D eigenvalue weighted by Gasteiger charge is 2.21. The minimum Gasteiger partial charge on any atom is -0.367 e. The lowest BCUT2D eigenvalue weighted by Gasteiger charge is -2.32. The molecule has 0 amide bonds. The molecule has 2 heterocycles. The second kappa shape index (κ2) is 9.16. The molecule has 1 fully saturated rings. The summed E-state index contributed by atoms with van der Waals surface area (Å²) in [6.07, 6.45) is 2.22. The molecular weight excluding hydrogens is 448 g/mol. The first-order chi connectivity index (χ1) is 15.2. The van der Waals surface area contributed by atoms with E-state index in [1.54, 1.807) is 0 Å². The van der Waals surface area contributed by atoms with Crippen LogP contribution in [0.5, 0.6) is 0 Å². The van der Waals surface area contributed by atoms with Gasteiger partial charge in [0.2, 0.25) is 0 Å². The molecule has 1 aliphatic rings. The van der Waals surface area contributed by atoms with Crippen LogP contribution >= 0.6 is 15.9 Å². The molecule has 0 bridgehead atoms. The van der Waals surface area contributed by atoms with Crippen LogP contribution in [-0.4, -0.2) is 34.0 Å². The second-order valence-electron chi connectivity index (χ2n) is 8.10. The van der Waals surface area contributed by atoms with Gasteiger partial charge in [-0.2, -0.15) is 0 Å². The number of halogens is 1. The summed E-state index contributed by atoms with van der Waals surface area (Å²) in [5.74, 6) is 1.69. The predicted molar refractivity (Wildman–Crippen MR) is 131 cm³/mol. The quantitative estimate of drug-likeness (QED) is 0.378. The Morgan fingerprint density at radius 1 is 0.839 bits per heavy atom. The summed E-state index contributed by atoms with van der Waals surface area (Å²) in [5.41, 5.74) is 3.38. The van der Waals surface area contributed by atoms with E-state index in [-0.39, 0.29) is 0 Å². The van der Waals surface area contributed by atoms with Gasteiger partial charge < -0.3 is 5.32 Å². The van der Waals surface area contributed by atoms with E-state index < -0.39 is 0 Å². The van der Waals surface area contributed by atoms with Gasteiger partial charge in [-0.15, -0.1) is 0 Å². The van der Waals surface area contributed by atoms with Gasteiger partial charge in [-0.25, -0.2) is 9.97 Å². The van der Waals surface area contributed by atoms with Crippen molar-refractivity contribution in [3.05, 3.63) is 88.9 Å². The Bertz CT molecular complexity index is 1150. The molecule has 31 heavy (non-hydrogen) atoms. The maximum atomic E-state index is 4.93. The molecule has 1 aromatic heterocycles. The second-order valence-corrected chi connectivity index (χ2v) is 9.02. The fourth-order valence-corrected chi connectivity index (χ4v) is 4.45. The summed E-state index contributed by atoms with van der Waals surface area (Å²) in [6.45, 7) is 3.21. The van der Waals surface area contributed by atoms with Crippen LogP contribution < -0.4 is 5.32 Å². The van der Waals surface area contributed by atoms with E-state index in [1.807, 2.05) is 18.2 Å². The van der Waals surface area contributed by atoms with E-state index in [4.69, 9.17) is 9.97 Å². The highest BCUT2D eigenvalue weighted by Crippen LogP contribution is 2.27. The fraction of sp³-hybridized carbons (Fsp3) is 0.231. The maximum absolute atomic E-state index is 4.93. The molecule has 1 N–H and O–H groups in total. The van der Waals surface area contributed by atoms with Crippen LogP contribution in [0.25, 0.3) is 22.3 Å². The number of fused-ring (bicyclic) bond motifs is 1. The number of likely N-dealkylation sites (tertiary alicyclic amines) is 1. The molecule has 5 rings (SSSR count). The molecule has 0 spiro atoms. The third kappa shape index (κ3) is 4.78. The van der Waals surface area contributed by atoms with Gasteiger partial charge in [0, 0.05) is 41.1 Å². The molecule has 0 radical (unpaired) electrons. The Balaban J connectivity index is 1.33. The number of rotatable bonds is 5. The first kappa shape index (κ1) is 20.2. The van der Waals surface area contributed by atoms with Crippen molar-refractivity contribution < 1.29 is 0 Å². The number of hydrogen-bond acceptors (Lipinski definition) is 4. The molecule has 0 aliphatic carbocycles. The van der Waals surface area contributed by atoms with Gasteiger partial charge in [0.15, 0.2) is 5.82 Å². The van der Waals surface area contributed by atoms with Crippen LogP contribution in [0.4, 0.5) is 5.82 Å². The van der Waals surface area contributed by atoms with Crippen molar-refractivity contribution in [1.29, 1.82) is 0 Å². The Morgan fingerprint density at radius 3 is 2.32 bits per heavy atom. The van der Waals surface area contributed by atoms with Crippen LogP contribution in [0.15, 0.2) is 83.3 Å². The summed E-state index contributed by atoms with van der Waals surface area (Å²) in [7, 11) is 0. The van der Waals surface area contributed by atoms with Crippen molar-refractivity contribution in [2.75, 3.05) is 18.4 Å². The minimum atomic E-state index is 0.420. The molecule has 0 atom stereocenters. The first-order valence-corrected chi connectivity index (χ1v) is 11.6. The summed E-state index contributed by atoms with van der Waals surface area (Å²) >= 11 is 3.51. The number of anilines is 1. The highest BCUT2D eigenvalue weighted by atomic mass is 79.9. The monoisotopic (exact) mass is 472 g/mol. The average Bonchev–Trinajstić information content (AvgIpc) is 2.81. The van der Waals surface area contributed by atoms with Crippen LogP contribution in [-0.2, 0) is 6.54 Å². The molecule has 156 valence electrons. The lowest BCUT2D eigenvalue weighted by atomic mass is 10.0. The zero-order valence-corrected chi connectivity index (χ0v) is 18.9. The first-order valence-electron chi connectivity index (χ1n) is 10.8. The van der Waals surface area contributed by atoms with E-state index in [0.717, 1.165) is 65.1 Å². The predicted octanol–water partition coefficient (Wildman–Crippen LogP) is 6.14. The topological polar surface area (TPSA) is 41.1 Å². The van der Waals surface area contributed by atoms with Gasteiger partial charge in [-0.1, -0.05) is 70.5 Å². The van der Waals surface area contributed by atoms with Crippen LogP contribution in [0, 0.1) is 0 Å². The SMILES string of the molecule is Brc1ccc(-c2nc(NC3CCN(Cc4ccccc4)CC3)c3ccccc3n2)cc1.